The van der Waals surface area contributed by atoms with Crippen molar-refractivity contribution in [2.75, 3.05) is 0 Å². The summed E-state index contributed by atoms with van der Waals surface area (Å²) in [5.74, 6) is 1.22. The summed E-state index contributed by atoms with van der Waals surface area (Å²) in [5.41, 5.74) is 9.40. The van der Waals surface area contributed by atoms with E-state index in [0.29, 0.717) is 17.4 Å². The molecular formula is C50H45F4IrN3S-2. The molecule has 0 spiro atoms. The Morgan fingerprint density at radius 2 is 1.44 bits per heavy atom. The van der Waals surface area contributed by atoms with E-state index in [1.54, 1.807) is 29.5 Å². The minimum atomic E-state index is -4.23. The quantitative estimate of drug-likeness (QED) is 0.112. The molecular weight excluding hydrogens is 943 g/mol. The molecule has 0 aliphatic carbocycles. The van der Waals surface area contributed by atoms with Gasteiger partial charge in [0, 0.05) is 53.1 Å². The maximum atomic E-state index is 13.5. The van der Waals surface area contributed by atoms with Crippen LogP contribution in [0.2, 0.25) is 0 Å². The Labute approximate surface area is 361 Å². The monoisotopic (exact) mass is 988 g/mol. The zero-order valence-electron chi connectivity index (χ0n) is 34.0. The van der Waals surface area contributed by atoms with Crippen molar-refractivity contribution in [3.63, 3.8) is 0 Å². The summed E-state index contributed by atoms with van der Waals surface area (Å²) in [6.45, 7) is 13.4. The first kappa shape index (κ1) is 43.6. The van der Waals surface area contributed by atoms with Gasteiger partial charge in [-0.2, -0.15) is 13.2 Å². The molecule has 0 bridgehead atoms. The van der Waals surface area contributed by atoms with Crippen LogP contribution >= 0.6 is 11.3 Å². The van der Waals surface area contributed by atoms with E-state index in [0.717, 1.165) is 59.8 Å². The predicted molar refractivity (Wildman–Crippen MR) is 231 cm³/mol. The number of benzene rings is 5. The first-order chi connectivity index (χ1) is 27.6. The summed E-state index contributed by atoms with van der Waals surface area (Å²) in [6.07, 6.45) is -2.46. The molecule has 8 rings (SSSR count). The Hall–Kier alpha value is -4.95. The van der Waals surface area contributed by atoms with Crippen LogP contribution < -0.4 is 0 Å². The number of hydrogen-bond acceptors (Lipinski definition) is 3. The Morgan fingerprint density at radius 1 is 0.763 bits per heavy atom. The van der Waals surface area contributed by atoms with Gasteiger partial charge in [0.2, 0.25) is 0 Å². The molecule has 3 aromatic heterocycles. The summed E-state index contributed by atoms with van der Waals surface area (Å²) in [6, 6.07) is 42.8. The maximum Gasteiger partial charge on any atom is 0.394 e. The molecule has 0 aliphatic rings. The number of aryl methyl sites for hydroxylation is 1. The molecule has 0 fully saturated rings. The number of imidazole rings is 1. The summed E-state index contributed by atoms with van der Waals surface area (Å²) < 4.78 is 56.4. The summed E-state index contributed by atoms with van der Waals surface area (Å²) in [7, 11) is 0. The number of aromatic nitrogens is 3. The van der Waals surface area contributed by atoms with Crippen LogP contribution in [0, 0.1) is 30.3 Å². The number of fused-ring (bicyclic) bond motifs is 2. The molecule has 8 aromatic rings. The van der Waals surface area contributed by atoms with Gasteiger partial charge in [0.25, 0.3) is 0 Å². The third-order valence-corrected chi connectivity index (χ3v) is 12.0. The average Bonchev–Trinajstić information content (AvgIpc) is 3.76. The van der Waals surface area contributed by atoms with Crippen LogP contribution in [0.15, 0.2) is 121 Å². The third-order valence-electron chi connectivity index (χ3n) is 10.6. The van der Waals surface area contributed by atoms with Crippen molar-refractivity contribution < 1.29 is 37.7 Å². The Kier molecular flexibility index (Phi) is 13.1. The molecule has 59 heavy (non-hydrogen) atoms. The first-order valence-corrected chi connectivity index (χ1v) is 20.3. The van der Waals surface area contributed by atoms with Crippen LogP contribution in [0.3, 0.4) is 0 Å². The van der Waals surface area contributed by atoms with Crippen molar-refractivity contribution in [1.29, 1.82) is 0 Å². The third kappa shape index (κ3) is 8.98. The molecule has 0 saturated carbocycles. The van der Waals surface area contributed by atoms with Crippen molar-refractivity contribution in [1.82, 2.24) is 14.5 Å². The standard InChI is InChI=1S/C25H21F3NS.C25H24FN2.Ir/c1-16-20-13-14-29-21(18-7-5-4-6-8-18)23(20)30-22(16)19-11-9-17(10-12-19)15-24(2,3)25(26,27)28;1-16(2)20-8-7-9-21(17(3)4)24(20)28-23-11-6-5-10-22(23)27-25(28)18-12-14-19(26)15-13-18;/h4-7,9-14H,15H2,1-3H3;5-12,14-17H,1-4H3;/q2*-1;. The van der Waals surface area contributed by atoms with Crippen LogP contribution in [-0.2, 0) is 26.5 Å². The molecule has 3 heterocycles. The zero-order chi connectivity index (χ0) is 41.4. The van der Waals surface area contributed by atoms with Gasteiger partial charge in [-0.3, -0.25) is 9.37 Å². The van der Waals surface area contributed by atoms with Crippen molar-refractivity contribution in [3.8, 4) is 38.8 Å². The van der Waals surface area contributed by atoms with Crippen molar-refractivity contribution in [2.24, 2.45) is 5.41 Å². The molecule has 5 aromatic carbocycles. The second-order valence-electron chi connectivity index (χ2n) is 15.9. The van der Waals surface area contributed by atoms with Crippen molar-refractivity contribution in [3.05, 3.63) is 162 Å². The first-order valence-electron chi connectivity index (χ1n) is 19.4. The zero-order valence-corrected chi connectivity index (χ0v) is 37.2. The fourth-order valence-electron chi connectivity index (χ4n) is 7.29. The van der Waals surface area contributed by atoms with Crippen LogP contribution in [0.25, 0.3) is 59.9 Å². The molecule has 305 valence electrons. The summed E-state index contributed by atoms with van der Waals surface area (Å²) >= 11 is 1.66. The topological polar surface area (TPSA) is 30.7 Å². The van der Waals surface area contributed by atoms with E-state index in [1.165, 1.54) is 42.8 Å². The maximum absolute atomic E-state index is 13.5. The van der Waals surface area contributed by atoms with Gasteiger partial charge in [-0.15, -0.1) is 77.1 Å². The van der Waals surface area contributed by atoms with Gasteiger partial charge in [-0.05, 0) is 76.6 Å². The van der Waals surface area contributed by atoms with Gasteiger partial charge in [0.15, 0.2) is 0 Å². The number of alkyl halides is 3. The van der Waals surface area contributed by atoms with E-state index in [2.05, 4.69) is 80.6 Å². The predicted octanol–water partition coefficient (Wildman–Crippen LogP) is 14.7. The van der Waals surface area contributed by atoms with Crippen LogP contribution in [0.1, 0.15) is 75.6 Å². The molecule has 0 atom stereocenters. The van der Waals surface area contributed by atoms with E-state index >= 15 is 0 Å². The summed E-state index contributed by atoms with van der Waals surface area (Å²) in [5, 5.41) is 1.14. The molecule has 1 radical (unpaired) electrons. The summed E-state index contributed by atoms with van der Waals surface area (Å²) in [4.78, 5) is 10.6. The van der Waals surface area contributed by atoms with E-state index in [4.69, 9.17) is 4.98 Å². The smallest absolute Gasteiger partial charge is 0.333 e. The molecule has 0 saturated heterocycles. The molecule has 0 amide bonds. The fraction of sp³-hybridized carbons (Fsp3) is 0.240. The number of thiophene rings is 1. The average molecular weight is 988 g/mol. The van der Waals surface area contributed by atoms with Crippen molar-refractivity contribution >= 4 is 32.5 Å². The Morgan fingerprint density at radius 3 is 2.05 bits per heavy atom. The van der Waals surface area contributed by atoms with Crippen LogP contribution in [0.5, 0.6) is 0 Å². The minimum absolute atomic E-state index is 0. The fourth-order valence-corrected chi connectivity index (χ4v) is 8.60. The van der Waals surface area contributed by atoms with E-state index < -0.39 is 11.6 Å². The van der Waals surface area contributed by atoms with Crippen LogP contribution in [0.4, 0.5) is 17.6 Å². The van der Waals surface area contributed by atoms with Gasteiger partial charge in [-0.1, -0.05) is 96.1 Å². The molecule has 9 heteroatoms. The second kappa shape index (κ2) is 17.7. The van der Waals surface area contributed by atoms with Crippen molar-refractivity contribution in [2.45, 2.75) is 72.9 Å². The van der Waals surface area contributed by atoms with Gasteiger partial charge in [-0.25, -0.2) is 0 Å². The van der Waals surface area contributed by atoms with E-state index in [9.17, 15) is 17.6 Å². The van der Waals surface area contributed by atoms with Gasteiger partial charge in [0.1, 0.15) is 0 Å². The van der Waals surface area contributed by atoms with Gasteiger partial charge >= 0.3 is 6.18 Å². The molecule has 0 unspecified atom stereocenters. The molecule has 0 N–H and O–H groups in total. The normalized spacial score (nSPS) is 11.9. The number of rotatable bonds is 8. The van der Waals surface area contributed by atoms with Crippen LogP contribution in [-0.4, -0.2) is 20.7 Å². The van der Waals surface area contributed by atoms with Gasteiger partial charge < -0.3 is 9.55 Å². The number of nitrogens with zero attached hydrogens (tertiary/aromatic N) is 3. The molecule has 0 aliphatic heterocycles. The number of halogens is 4. The molecule has 3 nitrogen and oxygen atoms in total. The van der Waals surface area contributed by atoms with E-state index in [1.807, 2.05) is 66.9 Å². The number of para-hydroxylation sites is 3. The van der Waals surface area contributed by atoms with E-state index in [-0.39, 0.29) is 32.3 Å². The second-order valence-corrected chi connectivity index (χ2v) is 16.9. The Balaban J connectivity index is 0.000000195. The van der Waals surface area contributed by atoms with Gasteiger partial charge in [0.05, 0.1) is 22.3 Å². The minimum Gasteiger partial charge on any atom is -0.333 e. The largest absolute Gasteiger partial charge is 0.394 e. The SMILES string of the molecule is CC(C)c1cccc(C(C)C)c1-n1c(-c2[c-]cc(F)cc2)nc2ccccc21.Cc1c(-c2ccc(CC(C)(C)C(F)(F)F)cc2)sc2c(-c3[c-]cccc3)nccc12.[Ir]. The number of pyridine rings is 1. The Bertz CT molecular complexity index is 2650. The number of hydrogen-bond donors (Lipinski definition) is 0.